The number of carbonyl (C=O) groups is 3. The van der Waals surface area contributed by atoms with Crippen LogP contribution >= 0.6 is 0 Å². The molecule has 19 heavy (non-hydrogen) atoms. The van der Waals surface area contributed by atoms with Crippen LogP contribution in [-0.4, -0.2) is 72.5 Å². The van der Waals surface area contributed by atoms with Gasteiger partial charge in [0.2, 0.25) is 11.8 Å². The number of aliphatic carboxylic acids is 1. The molecular weight excluding hydrogens is 250 g/mol. The van der Waals surface area contributed by atoms with Gasteiger partial charge in [-0.1, -0.05) is 6.92 Å². The lowest BCUT2D eigenvalue weighted by molar-refractivity contribution is -0.144. The van der Waals surface area contributed by atoms with Crippen LogP contribution in [0.3, 0.4) is 0 Å². The first-order valence-electron chi connectivity index (χ1n) is 6.23. The summed E-state index contributed by atoms with van der Waals surface area (Å²) in [7, 11) is 3.08. The molecule has 0 rings (SSSR count). The van der Waals surface area contributed by atoms with Crippen molar-refractivity contribution in [3.63, 3.8) is 0 Å². The fraction of sp³-hybridized carbons (Fsp3) is 0.750. The number of likely N-dealkylation sites (N-methyl/N-ethyl adjacent to an activating group) is 2. The van der Waals surface area contributed by atoms with Crippen LogP contribution in [0.1, 0.15) is 20.3 Å². The number of nitrogens with one attached hydrogen (secondary N) is 1. The van der Waals surface area contributed by atoms with Gasteiger partial charge in [0, 0.05) is 13.6 Å². The number of carboxylic acid groups (broad SMARTS) is 1. The standard InChI is InChI=1S/C12H23N3O4/c1-5-6-13-10(16)7-15(4)11(17)8-14(3)9(2)12(18)19/h9H,5-8H2,1-4H3,(H,13,16)(H,18,19). The topological polar surface area (TPSA) is 90.0 Å². The largest absolute Gasteiger partial charge is 0.480 e. The molecule has 0 aromatic rings. The van der Waals surface area contributed by atoms with Crippen LogP contribution in [0.25, 0.3) is 0 Å². The molecule has 0 aliphatic rings. The van der Waals surface area contributed by atoms with Crippen LogP contribution in [0.15, 0.2) is 0 Å². The summed E-state index contributed by atoms with van der Waals surface area (Å²) < 4.78 is 0. The van der Waals surface area contributed by atoms with E-state index >= 15 is 0 Å². The molecule has 0 aliphatic carbocycles. The minimum Gasteiger partial charge on any atom is -0.480 e. The van der Waals surface area contributed by atoms with E-state index in [1.807, 2.05) is 6.92 Å². The molecule has 110 valence electrons. The fourth-order valence-electron chi connectivity index (χ4n) is 1.28. The van der Waals surface area contributed by atoms with E-state index in [-0.39, 0.29) is 24.9 Å². The molecule has 0 heterocycles. The van der Waals surface area contributed by atoms with Crippen molar-refractivity contribution < 1.29 is 19.5 Å². The summed E-state index contributed by atoms with van der Waals surface area (Å²) in [5.41, 5.74) is 0. The molecule has 0 saturated carbocycles. The third kappa shape index (κ3) is 6.76. The number of hydrogen-bond donors (Lipinski definition) is 2. The Morgan fingerprint density at radius 3 is 2.26 bits per heavy atom. The molecule has 7 nitrogen and oxygen atoms in total. The predicted octanol–water partition coefficient (Wildman–Crippen LogP) is -0.624. The van der Waals surface area contributed by atoms with E-state index in [4.69, 9.17) is 5.11 Å². The molecule has 0 radical (unpaired) electrons. The molecule has 0 saturated heterocycles. The smallest absolute Gasteiger partial charge is 0.320 e. The van der Waals surface area contributed by atoms with E-state index in [0.717, 1.165) is 6.42 Å². The van der Waals surface area contributed by atoms with Gasteiger partial charge >= 0.3 is 5.97 Å². The van der Waals surface area contributed by atoms with Crippen LogP contribution in [-0.2, 0) is 14.4 Å². The molecule has 1 unspecified atom stereocenters. The van der Waals surface area contributed by atoms with Gasteiger partial charge in [-0.2, -0.15) is 0 Å². The molecule has 0 fully saturated rings. The molecule has 0 bridgehead atoms. The van der Waals surface area contributed by atoms with Gasteiger partial charge in [0.1, 0.15) is 6.04 Å². The Balaban J connectivity index is 4.19. The number of nitrogens with zero attached hydrogens (tertiary/aromatic N) is 2. The average molecular weight is 273 g/mol. The van der Waals surface area contributed by atoms with Gasteiger partial charge in [-0.05, 0) is 20.4 Å². The maximum atomic E-state index is 11.8. The van der Waals surface area contributed by atoms with Crippen molar-refractivity contribution in [1.82, 2.24) is 15.1 Å². The third-order valence-electron chi connectivity index (χ3n) is 2.78. The lowest BCUT2D eigenvalue weighted by Gasteiger charge is -2.24. The second kappa shape index (κ2) is 8.47. The molecule has 0 aromatic carbocycles. The summed E-state index contributed by atoms with van der Waals surface area (Å²) in [6, 6.07) is -0.744. The lowest BCUT2D eigenvalue weighted by Crippen LogP contribution is -2.45. The van der Waals surface area contributed by atoms with Crippen LogP contribution < -0.4 is 5.32 Å². The summed E-state index contributed by atoms with van der Waals surface area (Å²) >= 11 is 0. The summed E-state index contributed by atoms with van der Waals surface area (Å²) in [6.45, 7) is 3.97. The van der Waals surface area contributed by atoms with Crippen LogP contribution in [0, 0.1) is 0 Å². The highest BCUT2D eigenvalue weighted by molar-refractivity contribution is 5.85. The second-order valence-electron chi connectivity index (χ2n) is 4.53. The third-order valence-corrected chi connectivity index (χ3v) is 2.78. The molecule has 0 spiro atoms. The number of hydrogen-bond acceptors (Lipinski definition) is 4. The van der Waals surface area contributed by atoms with Crippen molar-refractivity contribution in [3.05, 3.63) is 0 Å². The molecule has 2 N–H and O–H groups in total. The van der Waals surface area contributed by atoms with Crippen molar-refractivity contribution in [1.29, 1.82) is 0 Å². The number of carbonyl (C=O) groups excluding carboxylic acids is 2. The first kappa shape index (κ1) is 17.4. The first-order chi connectivity index (χ1) is 8.79. The molecule has 0 aliphatic heterocycles. The van der Waals surface area contributed by atoms with Gasteiger partial charge < -0.3 is 15.3 Å². The normalized spacial score (nSPS) is 12.1. The molecule has 0 aromatic heterocycles. The molecule has 2 amide bonds. The fourth-order valence-corrected chi connectivity index (χ4v) is 1.28. The Bertz CT molecular complexity index is 333. The Morgan fingerprint density at radius 1 is 1.21 bits per heavy atom. The van der Waals surface area contributed by atoms with Gasteiger partial charge in [0.15, 0.2) is 0 Å². The maximum Gasteiger partial charge on any atom is 0.320 e. The maximum absolute atomic E-state index is 11.8. The van der Waals surface area contributed by atoms with Gasteiger partial charge in [-0.3, -0.25) is 19.3 Å². The zero-order valence-electron chi connectivity index (χ0n) is 12.0. The van der Waals surface area contributed by atoms with Crippen molar-refractivity contribution in [2.24, 2.45) is 0 Å². The van der Waals surface area contributed by atoms with Crippen molar-refractivity contribution in [3.8, 4) is 0 Å². The van der Waals surface area contributed by atoms with E-state index in [1.54, 1.807) is 7.05 Å². The van der Waals surface area contributed by atoms with Gasteiger partial charge in [0.05, 0.1) is 13.1 Å². The summed E-state index contributed by atoms with van der Waals surface area (Å²) in [6.07, 6.45) is 0.836. The Labute approximate surface area is 113 Å². The molecule has 1 atom stereocenters. The highest BCUT2D eigenvalue weighted by Crippen LogP contribution is 1.97. The number of amides is 2. The van der Waals surface area contributed by atoms with Gasteiger partial charge in [-0.15, -0.1) is 0 Å². The minimum atomic E-state index is -0.987. The summed E-state index contributed by atoms with van der Waals surface area (Å²) in [5.74, 6) is -1.49. The Hall–Kier alpha value is -1.63. The summed E-state index contributed by atoms with van der Waals surface area (Å²) in [5, 5.41) is 11.5. The van der Waals surface area contributed by atoms with Crippen LogP contribution in [0.5, 0.6) is 0 Å². The highest BCUT2D eigenvalue weighted by Gasteiger charge is 2.21. The van der Waals surface area contributed by atoms with E-state index < -0.39 is 12.0 Å². The average Bonchev–Trinajstić information content (AvgIpc) is 2.34. The zero-order valence-corrected chi connectivity index (χ0v) is 12.0. The molecule has 7 heteroatoms. The SMILES string of the molecule is CCCNC(=O)CN(C)C(=O)CN(C)C(C)C(=O)O. The number of rotatable bonds is 8. The van der Waals surface area contributed by atoms with Crippen molar-refractivity contribution in [2.45, 2.75) is 26.3 Å². The predicted molar refractivity (Wildman–Crippen MR) is 70.7 cm³/mol. The highest BCUT2D eigenvalue weighted by atomic mass is 16.4. The quantitative estimate of drug-likeness (QED) is 0.615. The van der Waals surface area contributed by atoms with Gasteiger partial charge in [0.25, 0.3) is 0 Å². The van der Waals surface area contributed by atoms with Crippen LogP contribution in [0.4, 0.5) is 0 Å². The van der Waals surface area contributed by atoms with Crippen LogP contribution in [0.2, 0.25) is 0 Å². The zero-order chi connectivity index (χ0) is 15.0. The monoisotopic (exact) mass is 273 g/mol. The van der Waals surface area contributed by atoms with Gasteiger partial charge in [-0.25, -0.2) is 0 Å². The van der Waals surface area contributed by atoms with E-state index in [9.17, 15) is 14.4 Å². The van der Waals surface area contributed by atoms with Crippen molar-refractivity contribution in [2.75, 3.05) is 33.7 Å². The van der Waals surface area contributed by atoms with E-state index in [2.05, 4.69) is 5.32 Å². The Kier molecular flexibility index (Phi) is 7.74. The Morgan fingerprint density at radius 2 is 1.79 bits per heavy atom. The summed E-state index contributed by atoms with van der Waals surface area (Å²) in [4.78, 5) is 36.7. The minimum absolute atomic E-state index is 0.0197. The van der Waals surface area contributed by atoms with E-state index in [0.29, 0.717) is 6.54 Å². The second-order valence-corrected chi connectivity index (χ2v) is 4.53. The number of carboxylic acids is 1. The lowest BCUT2D eigenvalue weighted by atomic mass is 10.3. The van der Waals surface area contributed by atoms with Crippen molar-refractivity contribution >= 4 is 17.8 Å². The molecular formula is C12H23N3O4. The van der Waals surface area contributed by atoms with E-state index in [1.165, 1.54) is 23.8 Å². The first-order valence-corrected chi connectivity index (χ1v) is 6.23.